The topological polar surface area (TPSA) is 3.24 Å². The fraction of sp³-hybridized carbons (Fsp3) is 1.00. The van der Waals surface area contributed by atoms with Crippen LogP contribution in [-0.2, 0) is 0 Å². The highest BCUT2D eigenvalue weighted by molar-refractivity contribution is 5.06. The van der Waals surface area contributed by atoms with E-state index in [9.17, 15) is 0 Å². The van der Waals surface area contributed by atoms with E-state index in [0.29, 0.717) is 5.54 Å². The quantitative estimate of drug-likeness (QED) is 0.633. The van der Waals surface area contributed by atoms with Gasteiger partial charge in [0, 0.05) is 5.54 Å². The summed E-state index contributed by atoms with van der Waals surface area (Å²) in [4.78, 5) is 2.62. The molecule has 1 spiro atoms. The third-order valence-electron chi connectivity index (χ3n) is 4.56. The van der Waals surface area contributed by atoms with Crippen LogP contribution in [0.4, 0.5) is 0 Å². The molecule has 0 radical (unpaired) electrons. The second-order valence-electron chi connectivity index (χ2n) is 5.28. The zero-order chi connectivity index (χ0) is 9.47. The fourth-order valence-electron chi connectivity index (χ4n) is 2.89. The summed E-state index contributed by atoms with van der Waals surface area (Å²) in [5.41, 5.74) is 0.673. The molecular weight excluding hydrogens is 158 g/mol. The Labute approximate surface area is 82.5 Å². The molecule has 0 aromatic carbocycles. The van der Waals surface area contributed by atoms with Crippen molar-refractivity contribution in [3.63, 3.8) is 0 Å². The molecule has 1 saturated heterocycles. The summed E-state index contributed by atoms with van der Waals surface area (Å²) in [7, 11) is 2.32. The lowest BCUT2D eigenvalue weighted by atomic mass is 9.80. The van der Waals surface area contributed by atoms with Gasteiger partial charge in [-0.2, -0.15) is 0 Å². The van der Waals surface area contributed by atoms with E-state index in [-0.39, 0.29) is 0 Å². The predicted molar refractivity (Wildman–Crippen MR) is 56.8 cm³/mol. The van der Waals surface area contributed by atoms with E-state index in [2.05, 4.69) is 25.8 Å². The van der Waals surface area contributed by atoms with Crippen LogP contribution < -0.4 is 0 Å². The summed E-state index contributed by atoms with van der Waals surface area (Å²) in [6, 6.07) is 0. The van der Waals surface area contributed by atoms with Crippen LogP contribution in [0.25, 0.3) is 0 Å². The van der Waals surface area contributed by atoms with E-state index in [4.69, 9.17) is 0 Å². The Hall–Kier alpha value is -0.0400. The van der Waals surface area contributed by atoms with E-state index in [1.807, 2.05) is 0 Å². The monoisotopic (exact) mass is 181 g/mol. The maximum absolute atomic E-state index is 2.62. The van der Waals surface area contributed by atoms with E-state index in [1.54, 1.807) is 0 Å². The van der Waals surface area contributed by atoms with Crippen molar-refractivity contribution < 1.29 is 0 Å². The van der Waals surface area contributed by atoms with Crippen molar-refractivity contribution in [3.8, 4) is 0 Å². The van der Waals surface area contributed by atoms with Gasteiger partial charge in [0.05, 0.1) is 0 Å². The maximum Gasteiger partial charge on any atom is 0.0210 e. The molecule has 2 atom stereocenters. The molecule has 0 aromatic rings. The molecule has 0 N–H and O–H groups in total. The first-order chi connectivity index (χ1) is 6.18. The van der Waals surface area contributed by atoms with Gasteiger partial charge >= 0.3 is 0 Å². The van der Waals surface area contributed by atoms with Crippen LogP contribution in [0.2, 0.25) is 0 Å². The zero-order valence-electron chi connectivity index (χ0n) is 9.34. The van der Waals surface area contributed by atoms with Crippen molar-refractivity contribution in [1.82, 2.24) is 4.90 Å². The highest BCUT2D eigenvalue weighted by Gasteiger charge is 2.50. The third kappa shape index (κ3) is 1.63. The molecule has 0 aromatic heterocycles. The number of nitrogens with zero attached hydrogens (tertiary/aromatic N) is 1. The first kappa shape index (κ1) is 9.51. The highest BCUT2D eigenvalue weighted by Crippen LogP contribution is 2.50. The second kappa shape index (κ2) is 3.27. The lowest BCUT2D eigenvalue weighted by Gasteiger charge is -2.40. The van der Waals surface area contributed by atoms with E-state index < -0.39 is 0 Å². The van der Waals surface area contributed by atoms with Gasteiger partial charge in [0.1, 0.15) is 0 Å². The smallest absolute Gasteiger partial charge is 0.0210 e. The average Bonchev–Trinajstić information content (AvgIpc) is 2.90. The third-order valence-corrected chi connectivity index (χ3v) is 4.56. The molecule has 2 fully saturated rings. The molecule has 0 amide bonds. The number of hydrogen-bond donors (Lipinski definition) is 0. The molecule has 76 valence electrons. The summed E-state index contributed by atoms with van der Waals surface area (Å²) in [6.07, 6.45) is 7.23. The van der Waals surface area contributed by atoms with Crippen LogP contribution in [0.1, 0.15) is 46.0 Å². The molecule has 1 saturated carbocycles. The van der Waals surface area contributed by atoms with Crippen LogP contribution in [0.5, 0.6) is 0 Å². The molecular formula is C12H23N. The van der Waals surface area contributed by atoms with Crippen molar-refractivity contribution in [2.24, 2.45) is 11.8 Å². The predicted octanol–water partition coefficient (Wildman–Crippen LogP) is 2.91. The molecule has 1 aliphatic heterocycles. The van der Waals surface area contributed by atoms with Crippen LogP contribution in [0, 0.1) is 11.8 Å². The van der Waals surface area contributed by atoms with Gasteiger partial charge in [0.2, 0.25) is 0 Å². The summed E-state index contributed by atoms with van der Waals surface area (Å²) < 4.78 is 0. The Morgan fingerprint density at radius 1 is 1.46 bits per heavy atom. The van der Waals surface area contributed by atoms with Gasteiger partial charge in [-0.3, -0.25) is 0 Å². The normalized spacial score (nSPS) is 34.8. The van der Waals surface area contributed by atoms with Crippen molar-refractivity contribution in [2.45, 2.75) is 51.5 Å². The largest absolute Gasteiger partial charge is 0.301 e. The number of hydrogen-bond acceptors (Lipinski definition) is 1. The average molecular weight is 181 g/mol. The van der Waals surface area contributed by atoms with Crippen molar-refractivity contribution >= 4 is 0 Å². The Morgan fingerprint density at radius 2 is 2.15 bits per heavy atom. The zero-order valence-corrected chi connectivity index (χ0v) is 9.34. The maximum atomic E-state index is 2.62. The molecule has 1 nitrogen and oxygen atoms in total. The van der Waals surface area contributed by atoms with Gasteiger partial charge in [0.25, 0.3) is 0 Å². The SMILES string of the molecule is CC[C@@H](C)C1CCN(C)C2(CC2)C1. The number of piperidine rings is 1. The Morgan fingerprint density at radius 3 is 2.69 bits per heavy atom. The molecule has 1 heteroatoms. The Balaban J connectivity index is 1.95. The molecule has 1 unspecified atom stereocenters. The Bertz CT molecular complexity index is 184. The fourth-order valence-corrected chi connectivity index (χ4v) is 2.89. The van der Waals surface area contributed by atoms with E-state index in [0.717, 1.165) is 11.8 Å². The van der Waals surface area contributed by atoms with Gasteiger partial charge in [0.15, 0.2) is 0 Å². The van der Waals surface area contributed by atoms with Crippen LogP contribution in [-0.4, -0.2) is 24.0 Å². The summed E-state index contributed by atoms with van der Waals surface area (Å²) in [5.74, 6) is 1.97. The molecule has 1 aliphatic carbocycles. The second-order valence-corrected chi connectivity index (χ2v) is 5.28. The van der Waals surface area contributed by atoms with Crippen molar-refractivity contribution in [2.75, 3.05) is 13.6 Å². The first-order valence-corrected chi connectivity index (χ1v) is 5.89. The van der Waals surface area contributed by atoms with Crippen LogP contribution in [0.3, 0.4) is 0 Å². The van der Waals surface area contributed by atoms with Gasteiger partial charge in [-0.1, -0.05) is 20.3 Å². The molecule has 1 heterocycles. The van der Waals surface area contributed by atoms with Gasteiger partial charge < -0.3 is 4.90 Å². The molecule has 13 heavy (non-hydrogen) atoms. The van der Waals surface area contributed by atoms with Crippen LogP contribution >= 0.6 is 0 Å². The van der Waals surface area contributed by atoms with E-state index >= 15 is 0 Å². The minimum atomic E-state index is 0.673. The van der Waals surface area contributed by atoms with Crippen molar-refractivity contribution in [1.29, 1.82) is 0 Å². The lowest BCUT2D eigenvalue weighted by Crippen LogP contribution is -2.43. The highest BCUT2D eigenvalue weighted by atomic mass is 15.2. The molecule has 2 aliphatic rings. The van der Waals surface area contributed by atoms with Gasteiger partial charge in [-0.05, 0) is 51.1 Å². The van der Waals surface area contributed by atoms with Gasteiger partial charge in [-0.25, -0.2) is 0 Å². The summed E-state index contributed by atoms with van der Waals surface area (Å²) >= 11 is 0. The summed E-state index contributed by atoms with van der Waals surface area (Å²) in [6.45, 7) is 6.11. The van der Waals surface area contributed by atoms with Crippen molar-refractivity contribution in [3.05, 3.63) is 0 Å². The van der Waals surface area contributed by atoms with Gasteiger partial charge in [-0.15, -0.1) is 0 Å². The Kier molecular flexibility index (Phi) is 2.39. The first-order valence-electron chi connectivity index (χ1n) is 5.89. The molecule has 0 bridgehead atoms. The minimum Gasteiger partial charge on any atom is -0.301 e. The number of rotatable bonds is 2. The minimum absolute atomic E-state index is 0.673. The standard InChI is InChI=1S/C12H23N/c1-4-10(2)11-5-8-13(3)12(9-11)6-7-12/h10-11H,4-9H2,1-3H3/t10-,11?/m1/s1. The molecule has 2 rings (SSSR count). The summed E-state index contributed by atoms with van der Waals surface area (Å²) in [5, 5.41) is 0. The number of likely N-dealkylation sites (tertiary alicyclic amines) is 1. The van der Waals surface area contributed by atoms with E-state index in [1.165, 1.54) is 38.6 Å². The lowest BCUT2D eigenvalue weighted by molar-refractivity contribution is 0.0961. The van der Waals surface area contributed by atoms with Crippen LogP contribution in [0.15, 0.2) is 0 Å².